The van der Waals surface area contributed by atoms with E-state index in [0.717, 1.165) is 12.1 Å². The summed E-state index contributed by atoms with van der Waals surface area (Å²) in [7, 11) is 0. The normalized spacial score (nSPS) is 10.9. The minimum absolute atomic E-state index is 0.154. The Morgan fingerprint density at radius 3 is 2.61 bits per heavy atom. The number of aldehydes is 1. The summed E-state index contributed by atoms with van der Waals surface area (Å²) in [5, 5.41) is 2.71. The quantitative estimate of drug-likeness (QED) is 0.834. The molecule has 0 fully saturated rings. The number of rotatable bonds is 4. The summed E-state index contributed by atoms with van der Waals surface area (Å²) in [5.41, 5.74) is -0.183. The van der Waals surface area contributed by atoms with Crippen LogP contribution in [-0.4, -0.2) is 24.3 Å². The highest BCUT2D eigenvalue weighted by atomic mass is 19.1. The van der Waals surface area contributed by atoms with E-state index in [9.17, 15) is 14.0 Å². The van der Waals surface area contributed by atoms with Crippen LogP contribution >= 0.6 is 0 Å². The monoisotopic (exact) mass is 253 g/mol. The van der Waals surface area contributed by atoms with E-state index in [1.54, 1.807) is 0 Å². The number of nitrogens with one attached hydrogen (secondary N) is 1. The van der Waals surface area contributed by atoms with Crippen molar-refractivity contribution >= 4 is 12.2 Å². The first-order valence-corrected chi connectivity index (χ1v) is 5.50. The number of ether oxygens (including phenoxy) is 1. The van der Waals surface area contributed by atoms with Crippen LogP contribution in [0.1, 0.15) is 31.1 Å². The molecule has 1 amide bonds. The van der Waals surface area contributed by atoms with E-state index < -0.39 is 5.82 Å². The Bertz CT molecular complexity index is 452. The van der Waals surface area contributed by atoms with Crippen molar-refractivity contribution in [2.45, 2.75) is 26.3 Å². The Morgan fingerprint density at radius 2 is 2.06 bits per heavy atom. The molecule has 18 heavy (non-hydrogen) atoms. The van der Waals surface area contributed by atoms with Gasteiger partial charge in [-0.1, -0.05) is 0 Å². The number of halogens is 1. The zero-order valence-electron chi connectivity index (χ0n) is 10.6. The summed E-state index contributed by atoms with van der Waals surface area (Å²) in [5.74, 6) is -0.730. The van der Waals surface area contributed by atoms with Crippen LogP contribution in [0, 0.1) is 5.82 Å². The van der Waals surface area contributed by atoms with E-state index in [0.29, 0.717) is 6.29 Å². The summed E-state index contributed by atoms with van der Waals surface area (Å²) < 4.78 is 18.2. The lowest BCUT2D eigenvalue weighted by atomic mass is 10.1. The second kappa shape index (κ2) is 5.62. The van der Waals surface area contributed by atoms with Crippen molar-refractivity contribution in [3.63, 3.8) is 0 Å². The van der Waals surface area contributed by atoms with Crippen LogP contribution in [0.5, 0.6) is 5.75 Å². The first kappa shape index (κ1) is 14.2. The van der Waals surface area contributed by atoms with E-state index in [2.05, 4.69) is 5.32 Å². The molecule has 0 saturated heterocycles. The molecule has 0 atom stereocenters. The molecule has 0 aliphatic heterocycles. The smallest absolute Gasteiger partial charge is 0.258 e. The van der Waals surface area contributed by atoms with E-state index in [-0.39, 0.29) is 29.4 Å². The van der Waals surface area contributed by atoms with Crippen molar-refractivity contribution in [1.29, 1.82) is 0 Å². The van der Waals surface area contributed by atoms with Crippen LogP contribution in [0.3, 0.4) is 0 Å². The third-order valence-electron chi connectivity index (χ3n) is 1.91. The highest BCUT2D eigenvalue weighted by molar-refractivity contribution is 5.78. The van der Waals surface area contributed by atoms with Crippen LogP contribution in [0.25, 0.3) is 0 Å². The molecule has 1 N–H and O–H groups in total. The Balaban J connectivity index is 2.61. The lowest BCUT2D eigenvalue weighted by Gasteiger charge is -2.20. The SMILES string of the molecule is CC(C)(C)NC(=O)COc1cc(F)cc(C=O)c1. The molecule has 0 aliphatic carbocycles. The average Bonchev–Trinajstić information content (AvgIpc) is 2.23. The molecule has 5 heteroatoms. The zero-order chi connectivity index (χ0) is 13.8. The predicted molar refractivity (Wildman–Crippen MR) is 65.2 cm³/mol. The summed E-state index contributed by atoms with van der Waals surface area (Å²) in [6.45, 7) is 5.31. The fraction of sp³-hybridized carbons (Fsp3) is 0.385. The maximum Gasteiger partial charge on any atom is 0.258 e. The lowest BCUT2D eigenvalue weighted by Crippen LogP contribution is -2.43. The van der Waals surface area contributed by atoms with Crippen LogP contribution in [0.4, 0.5) is 4.39 Å². The molecule has 0 saturated carbocycles. The highest BCUT2D eigenvalue weighted by Crippen LogP contribution is 2.15. The van der Waals surface area contributed by atoms with Crippen LogP contribution in [-0.2, 0) is 4.79 Å². The maximum absolute atomic E-state index is 13.1. The van der Waals surface area contributed by atoms with Gasteiger partial charge in [0.05, 0.1) is 0 Å². The highest BCUT2D eigenvalue weighted by Gasteiger charge is 2.14. The van der Waals surface area contributed by atoms with E-state index in [1.807, 2.05) is 20.8 Å². The van der Waals surface area contributed by atoms with Gasteiger partial charge in [-0.05, 0) is 32.9 Å². The fourth-order valence-electron chi connectivity index (χ4n) is 1.34. The van der Waals surface area contributed by atoms with Crippen LogP contribution in [0.2, 0.25) is 0 Å². The van der Waals surface area contributed by atoms with Crippen molar-refractivity contribution in [3.05, 3.63) is 29.6 Å². The molecule has 0 aliphatic rings. The summed E-state index contributed by atoms with van der Waals surface area (Å²) in [6, 6.07) is 3.59. The van der Waals surface area contributed by atoms with Gasteiger partial charge in [-0.2, -0.15) is 0 Å². The minimum atomic E-state index is -0.578. The molecule has 0 radical (unpaired) electrons. The van der Waals surface area contributed by atoms with Gasteiger partial charge >= 0.3 is 0 Å². The number of hydrogen-bond donors (Lipinski definition) is 1. The molecule has 1 rings (SSSR count). The van der Waals surface area contributed by atoms with Crippen LogP contribution in [0.15, 0.2) is 18.2 Å². The first-order chi connectivity index (χ1) is 8.30. The number of benzene rings is 1. The molecule has 1 aromatic carbocycles. The van der Waals surface area contributed by atoms with Crippen LogP contribution < -0.4 is 10.1 Å². The zero-order valence-corrected chi connectivity index (χ0v) is 10.6. The molecule has 98 valence electrons. The van der Waals surface area contributed by atoms with Gasteiger partial charge in [0, 0.05) is 17.2 Å². The molecular formula is C13H16FNO3. The van der Waals surface area contributed by atoms with E-state index in [1.165, 1.54) is 6.07 Å². The number of carbonyl (C=O) groups excluding carboxylic acids is 2. The van der Waals surface area contributed by atoms with Crippen molar-refractivity contribution < 1.29 is 18.7 Å². The Kier molecular flexibility index (Phi) is 4.42. The third-order valence-corrected chi connectivity index (χ3v) is 1.91. The average molecular weight is 253 g/mol. The lowest BCUT2D eigenvalue weighted by molar-refractivity contribution is -0.124. The maximum atomic E-state index is 13.1. The largest absolute Gasteiger partial charge is 0.484 e. The Hall–Kier alpha value is -1.91. The summed E-state index contributed by atoms with van der Waals surface area (Å²) in [4.78, 5) is 22.0. The van der Waals surface area contributed by atoms with Gasteiger partial charge in [-0.25, -0.2) is 4.39 Å². The van der Waals surface area contributed by atoms with Gasteiger partial charge in [-0.3, -0.25) is 9.59 Å². The van der Waals surface area contributed by atoms with Gasteiger partial charge in [0.15, 0.2) is 6.61 Å². The number of carbonyl (C=O) groups is 2. The van der Waals surface area contributed by atoms with Gasteiger partial charge < -0.3 is 10.1 Å². The summed E-state index contributed by atoms with van der Waals surface area (Å²) in [6.07, 6.45) is 0.519. The van der Waals surface area contributed by atoms with Crippen molar-refractivity contribution in [2.24, 2.45) is 0 Å². The summed E-state index contributed by atoms with van der Waals surface area (Å²) >= 11 is 0. The van der Waals surface area contributed by atoms with E-state index in [4.69, 9.17) is 4.74 Å². The van der Waals surface area contributed by atoms with Gasteiger partial charge in [0.2, 0.25) is 0 Å². The molecule has 0 spiro atoms. The molecular weight excluding hydrogens is 237 g/mol. The van der Waals surface area contributed by atoms with Gasteiger partial charge in [0.25, 0.3) is 5.91 Å². The topological polar surface area (TPSA) is 55.4 Å². The molecule has 0 unspecified atom stereocenters. The number of amides is 1. The van der Waals surface area contributed by atoms with Gasteiger partial charge in [-0.15, -0.1) is 0 Å². The molecule has 4 nitrogen and oxygen atoms in total. The fourth-order valence-corrected chi connectivity index (χ4v) is 1.34. The number of hydrogen-bond acceptors (Lipinski definition) is 3. The first-order valence-electron chi connectivity index (χ1n) is 5.50. The minimum Gasteiger partial charge on any atom is -0.484 e. The molecule has 0 heterocycles. The van der Waals surface area contributed by atoms with Gasteiger partial charge in [0.1, 0.15) is 17.9 Å². The molecule has 1 aromatic rings. The van der Waals surface area contributed by atoms with Crippen molar-refractivity contribution in [2.75, 3.05) is 6.61 Å². The van der Waals surface area contributed by atoms with E-state index >= 15 is 0 Å². The Morgan fingerprint density at radius 1 is 1.39 bits per heavy atom. The van der Waals surface area contributed by atoms with Crippen molar-refractivity contribution in [3.8, 4) is 5.75 Å². The molecule has 0 bridgehead atoms. The predicted octanol–water partition coefficient (Wildman–Crippen LogP) is 1.93. The molecule has 0 aromatic heterocycles. The second-order valence-corrected chi connectivity index (χ2v) is 4.92. The third kappa shape index (κ3) is 4.95. The second-order valence-electron chi connectivity index (χ2n) is 4.92. The Labute approximate surface area is 105 Å². The standard InChI is InChI=1S/C13H16FNO3/c1-13(2,3)15-12(17)8-18-11-5-9(7-16)4-10(14)6-11/h4-7H,8H2,1-3H3,(H,15,17). The van der Waals surface area contributed by atoms with Crippen molar-refractivity contribution in [1.82, 2.24) is 5.32 Å².